The Morgan fingerprint density at radius 3 is 2.45 bits per heavy atom. The van der Waals surface area contributed by atoms with E-state index in [0.29, 0.717) is 17.0 Å². The van der Waals surface area contributed by atoms with Gasteiger partial charge in [0.1, 0.15) is 11.1 Å². The topological polar surface area (TPSA) is 90.2 Å². The Morgan fingerprint density at radius 1 is 1.32 bits per heavy atom. The van der Waals surface area contributed by atoms with Crippen LogP contribution in [0.4, 0.5) is 5.00 Å². The van der Waals surface area contributed by atoms with Crippen LogP contribution in [-0.2, 0) is 11.2 Å². The lowest BCUT2D eigenvalue weighted by atomic mass is 10.0. The van der Waals surface area contributed by atoms with Crippen molar-refractivity contribution in [1.82, 2.24) is 0 Å². The summed E-state index contributed by atoms with van der Waals surface area (Å²) < 4.78 is 0. The fourth-order valence-corrected chi connectivity index (χ4v) is 3.30. The Labute approximate surface area is 131 Å². The molecule has 0 unspecified atom stereocenters. The molecule has 6 heteroatoms. The quantitative estimate of drug-likeness (QED) is 0.907. The van der Waals surface area contributed by atoms with E-state index < -0.39 is 5.97 Å². The fraction of sp³-hybridized carbons (Fsp3) is 0.188. The van der Waals surface area contributed by atoms with E-state index in [2.05, 4.69) is 11.4 Å². The second kappa shape index (κ2) is 6.41. The maximum Gasteiger partial charge on any atom is 0.335 e. The summed E-state index contributed by atoms with van der Waals surface area (Å²) in [6, 6.07) is 8.74. The van der Waals surface area contributed by atoms with Crippen LogP contribution in [0.15, 0.2) is 24.3 Å². The number of thiophene rings is 1. The van der Waals surface area contributed by atoms with Crippen LogP contribution < -0.4 is 5.32 Å². The third-order valence-corrected chi connectivity index (χ3v) is 4.42. The number of nitrogens with one attached hydrogen (secondary N) is 1. The van der Waals surface area contributed by atoms with Crippen molar-refractivity contribution in [3.63, 3.8) is 0 Å². The number of carboxylic acids is 1. The molecule has 1 amide bonds. The Kier molecular flexibility index (Phi) is 4.59. The van der Waals surface area contributed by atoms with E-state index in [0.717, 1.165) is 16.0 Å². The second-order valence-corrected chi connectivity index (χ2v) is 5.93. The SMILES string of the molecule is CC(=O)Nc1sc(Cc2ccc(C(=O)O)cc2)c(C)c1C#N. The predicted octanol–water partition coefficient (Wildman–Crippen LogP) is 3.18. The molecule has 0 spiro atoms. The third-order valence-electron chi connectivity index (χ3n) is 3.21. The number of rotatable bonds is 4. The standard InChI is InChI=1S/C16H14N2O3S/c1-9-13(8-17)15(18-10(2)19)22-14(9)7-11-3-5-12(6-4-11)16(20)21/h3-6H,7H2,1-2H3,(H,18,19)(H,20,21). The van der Waals surface area contributed by atoms with Gasteiger partial charge >= 0.3 is 5.97 Å². The van der Waals surface area contributed by atoms with Gasteiger partial charge in [-0.05, 0) is 30.2 Å². The van der Waals surface area contributed by atoms with Crippen molar-refractivity contribution < 1.29 is 14.7 Å². The summed E-state index contributed by atoms with van der Waals surface area (Å²) in [5, 5.41) is 21.4. The lowest BCUT2D eigenvalue weighted by Crippen LogP contribution is -2.05. The monoisotopic (exact) mass is 314 g/mol. The van der Waals surface area contributed by atoms with E-state index in [1.807, 2.05) is 6.92 Å². The number of nitriles is 1. The molecule has 0 atom stereocenters. The van der Waals surface area contributed by atoms with Crippen molar-refractivity contribution in [3.05, 3.63) is 51.4 Å². The molecule has 5 nitrogen and oxygen atoms in total. The molecule has 1 aromatic heterocycles. The summed E-state index contributed by atoms with van der Waals surface area (Å²) >= 11 is 1.37. The van der Waals surface area contributed by atoms with Crippen LogP contribution in [0.25, 0.3) is 0 Å². The maximum absolute atomic E-state index is 11.2. The molecule has 1 aromatic carbocycles. The van der Waals surface area contributed by atoms with Gasteiger partial charge in [-0.3, -0.25) is 4.79 Å². The Morgan fingerprint density at radius 2 is 1.95 bits per heavy atom. The Bertz CT molecular complexity index is 770. The number of hydrogen-bond donors (Lipinski definition) is 2. The van der Waals surface area contributed by atoms with E-state index in [-0.39, 0.29) is 11.5 Å². The molecule has 0 saturated heterocycles. The molecule has 22 heavy (non-hydrogen) atoms. The predicted molar refractivity (Wildman–Crippen MR) is 84.3 cm³/mol. The van der Waals surface area contributed by atoms with Gasteiger partial charge in [-0.25, -0.2) is 4.79 Å². The molecule has 0 fully saturated rings. The number of carbonyl (C=O) groups excluding carboxylic acids is 1. The average molecular weight is 314 g/mol. The number of amides is 1. The van der Waals surface area contributed by atoms with Gasteiger partial charge in [-0.1, -0.05) is 12.1 Å². The highest BCUT2D eigenvalue weighted by atomic mass is 32.1. The van der Waals surface area contributed by atoms with Crippen molar-refractivity contribution in [2.24, 2.45) is 0 Å². The number of carbonyl (C=O) groups is 2. The highest BCUT2D eigenvalue weighted by molar-refractivity contribution is 7.16. The zero-order valence-electron chi connectivity index (χ0n) is 12.1. The largest absolute Gasteiger partial charge is 0.478 e. The van der Waals surface area contributed by atoms with Gasteiger partial charge in [0.05, 0.1) is 11.1 Å². The van der Waals surface area contributed by atoms with Gasteiger partial charge in [-0.2, -0.15) is 5.26 Å². The van der Waals surface area contributed by atoms with E-state index >= 15 is 0 Å². The van der Waals surface area contributed by atoms with E-state index in [1.165, 1.54) is 18.3 Å². The summed E-state index contributed by atoms with van der Waals surface area (Å²) in [7, 11) is 0. The molecule has 0 aliphatic heterocycles. The summed E-state index contributed by atoms with van der Waals surface area (Å²) in [5.74, 6) is -1.17. The zero-order valence-corrected chi connectivity index (χ0v) is 13.0. The molecule has 0 saturated carbocycles. The van der Waals surface area contributed by atoms with Crippen molar-refractivity contribution >= 4 is 28.2 Å². The van der Waals surface area contributed by atoms with Gasteiger partial charge in [0.2, 0.25) is 5.91 Å². The summed E-state index contributed by atoms with van der Waals surface area (Å²) in [6.07, 6.45) is 0.588. The highest BCUT2D eigenvalue weighted by Gasteiger charge is 2.16. The molecule has 1 heterocycles. The third kappa shape index (κ3) is 3.32. The smallest absolute Gasteiger partial charge is 0.335 e. The summed E-state index contributed by atoms with van der Waals surface area (Å²) in [4.78, 5) is 23.0. The molecular formula is C16H14N2O3S. The van der Waals surface area contributed by atoms with E-state index in [1.54, 1.807) is 24.3 Å². The van der Waals surface area contributed by atoms with Gasteiger partial charge in [-0.15, -0.1) is 11.3 Å². The number of carboxylic acid groups (broad SMARTS) is 1. The Balaban J connectivity index is 2.29. The van der Waals surface area contributed by atoms with Crippen LogP contribution in [0.1, 0.15) is 38.8 Å². The number of aromatic carboxylic acids is 1. The van der Waals surface area contributed by atoms with Crippen LogP contribution in [-0.4, -0.2) is 17.0 Å². The molecule has 2 rings (SSSR count). The fourth-order valence-electron chi connectivity index (χ4n) is 2.06. The number of nitrogens with zero attached hydrogens (tertiary/aromatic N) is 1. The minimum Gasteiger partial charge on any atom is -0.478 e. The molecule has 0 bridgehead atoms. The molecule has 0 radical (unpaired) electrons. The van der Waals surface area contributed by atoms with Crippen molar-refractivity contribution in [2.75, 3.05) is 5.32 Å². The van der Waals surface area contributed by atoms with Gasteiger partial charge in [0, 0.05) is 18.2 Å². The summed E-state index contributed by atoms with van der Waals surface area (Å²) in [6.45, 7) is 3.25. The molecule has 0 aliphatic rings. The lowest BCUT2D eigenvalue weighted by molar-refractivity contribution is -0.114. The lowest BCUT2D eigenvalue weighted by Gasteiger charge is -2.01. The van der Waals surface area contributed by atoms with E-state index in [9.17, 15) is 14.9 Å². The Hall–Kier alpha value is -2.65. The average Bonchev–Trinajstić information content (AvgIpc) is 2.74. The second-order valence-electron chi connectivity index (χ2n) is 4.83. The summed E-state index contributed by atoms with van der Waals surface area (Å²) in [5.41, 5.74) is 2.52. The van der Waals surface area contributed by atoms with Gasteiger partial charge in [0.25, 0.3) is 0 Å². The first-order valence-electron chi connectivity index (χ1n) is 6.54. The number of benzene rings is 1. The molecule has 2 N–H and O–H groups in total. The molecule has 0 aliphatic carbocycles. The van der Waals surface area contributed by atoms with Gasteiger partial charge < -0.3 is 10.4 Å². The normalized spacial score (nSPS) is 10.0. The van der Waals surface area contributed by atoms with Gasteiger partial charge in [0.15, 0.2) is 0 Å². The minimum atomic E-state index is -0.960. The first-order chi connectivity index (χ1) is 10.4. The van der Waals surface area contributed by atoms with Crippen LogP contribution in [0.5, 0.6) is 0 Å². The zero-order chi connectivity index (χ0) is 16.3. The molecule has 2 aromatic rings. The van der Waals surface area contributed by atoms with E-state index in [4.69, 9.17) is 5.11 Å². The van der Waals surface area contributed by atoms with Crippen molar-refractivity contribution in [1.29, 1.82) is 5.26 Å². The molecule has 112 valence electrons. The van der Waals surface area contributed by atoms with Crippen LogP contribution in [0.3, 0.4) is 0 Å². The minimum absolute atomic E-state index is 0.213. The first-order valence-corrected chi connectivity index (χ1v) is 7.36. The van der Waals surface area contributed by atoms with Crippen molar-refractivity contribution in [3.8, 4) is 6.07 Å². The van der Waals surface area contributed by atoms with Crippen LogP contribution >= 0.6 is 11.3 Å². The van der Waals surface area contributed by atoms with Crippen molar-refractivity contribution in [2.45, 2.75) is 20.3 Å². The van der Waals surface area contributed by atoms with Crippen LogP contribution in [0, 0.1) is 18.3 Å². The molecular weight excluding hydrogens is 300 g/mol. The number of hydrogen-bond acceptors (Lipinski definition) is 4. The highest BCUT2D eigenvalue weighted by Crippen LogP contribution is 2.33. The maximum atomic E-state index is 11.2. The number of anilines is 1. The van der Waals surface area contributed by atoms with Crippen LogP contribution in [0.2, 0.25) is 0 Å². The first kappa shape index (κ1) is 15.7.